The second-order valence-electron chi connectivity index (χ2n) is 7.59. The molecule has 0 radical (unpaired) electrons. The van der Waals surface area contributed by atoms with Gasteiger partial charge in [0.05, 0.1) is 19.4 Å². The summed E-state index contributed by atoms with van der Waals surface area (Å²) in [5.74, 6) is 1.98. The highest BCUT2D eigenvalue weighted by atomic mass is 32.2. The van der Waals surface area contributed by atoms with E-state index in [4.69, 9.17) is 4.74 Å². The van der Waals surface area contributed by atoms with E-state index in [2.05, 4.69) is 27.8 Å². The van der Waals surface area contributed by atoms with Gasteiger partial charge in [-0.15, -0.1) is 10.2 Å². The molecule has 1 heterocycles. The molecular formula is C21H29N5O3S. The molecule has 9 heteroatoms. The number of methoxy groups -OCH3 is 1. The lowest BCUT2D eigenvalue weighted by molar-refractivity contribution is -0.119. The lowest BCUT2D eigenvalue weighted by atomic mass is 9.86. The van der Waals surface area contributed by atoms with Gasteiger partial charge in [0.25, 0.3) is 5.91 Å². The molecule has 1 aromatic heterocycles. The van der Waals surface area contributed by atoms with Crippen LogP contribution in [0.4, 0.5) is 0 Å². The minimum atomic E-state index is -0.198. The van der Waals surface area contributed by atoms with E-state index in [1.54, 1.807) is 35.9 Å². The van der Waals surface area contributed by atoms with Gasteiger partial charge in [-0.3, -0.25) is 9.59 Å². The maximum atomic E-state index is 12.3. The topological polar surface area (TPSA) is 98.1 Å². The maximum Gasteiger partial charge on any atom is 0.251 e. The van der Waals surface area contributed by atoms with Crippen LogP contribution in [0.25, 0.3) is 0 Å². The number of hydrogen-bond acceptors (Lipinski definition) is 6. The van der Waals surface area contributed by atoms with Crippen LogP contribution in [0.5, 0.6) is 5.75 Å². The molecule has 0 bridgehead atoms. The number of amides is 2. The van der Waals surface area contributed by atoms with Gasteiger partial charge in [0.1, 0.15) is 5.75 Å². The van der Waals surface area contributed by atoms with Gasteiger partial charge in [-0.05, 0) is 43.0 Å². The number of carbonyl (C=O) groups excluding carboxylic acids is 2. The van der Waals surface area contributed by atoms with Crippen molar-refractivity contribution in [3.05, 3.63) is 35.7 Å². The first-order chi connectivity index (χ1) is 14.5. The van der Waals surface area contributed by atoms with Gasteiger partial charge in [0.15, 0.2) is 11.0 Å². The summed E-state index contributed by atoms with van der Waals surface area (Å²) in [6.07, 6.45) is 4.66. The quantitative estimate of drug-likeness (QED) is 0.624. The molecule has 162 valence electrons. The Labute approximate surface area is 181 Å². The number of aromatic nitrogens is 3. The normalized spacial score (nSPS) is 18.6. The third-order valence-corrected chi connectivity index (χ3v) is 6.49. The van der Waals surface area contributed by atoms with E-state index in [1.165, 1.54) is 31.0 Å². The number of hydrogen-bond donors (Lipinski definition) is 2. The second-order valence-corrected chi connectivity index (χ2v) is 8.54. The van der Waals surface area contributed by atoms with Crippen LogP contribution in [0.3, 0.4) is 0 Å². The molecule has 2 amide bonds. The molecule has 1 fully saturated rings. The molecular weight excluding hydrogens is 402 g/mol. The molecule has 30 heavy (non-hydrogen) atoms. The van der Waals surface area contributed by atoms with E-state index in [0.717, 1.165) is 6.42 Å². The van der Waals surface area contributed by atoms with Crippen molar-refractivity contribution in [2.24, 2.45) is 13.0 Å². The Hall–Kier alpha value is -2.55. The summed E-state index contributed by atoms with van der Waals surface area (Å²) in [5.41, 5.74) is 0.543. The first kappa shape index (κ1) is 22.1. The van der Waals surface area contributed by atoms with Crippen molar-refractivity contribution in [3.63, 3.8) is 0 Å². The lowest BCUT2D eigenvalue weighted by Gasteiger charge is -2.29. The molecule has 8 nitrogen and oxygen atoms in total. The fourth-order valence-electron chi connectivity index (χ4n) is 3.54. The molecule has 1 aliphatic carbocycles. The highest BCUT2D eigenvalue weighted by molar-refractivity contribution is 7.99. The highest BCUT2D eigenvalue weighted by Gasteiger charge is 2.23. The van der Waals surface area contributed by atoms with Crippen LogP contribution in [0, 0.1) is 5.92 Å². The number of benzene rings is 1. The summed E-state index contributed by atoms with van der Waals surface area (Å²) in [7, 11) is 3.41. The number of rotatable bonds is 8. The number of nitrogens with one attached hydrogen (secondary N) is 2. The smallest absolute Gasteiger partial charge is 0.251 e. The number of nitrogens with zero attached hydrogens (tertiary/aromatic N) is 3. The van der Waals surface area contributed by atoms with Crippen molar-refractivity contribution in [3.8, 4) is 5.75 Å². The van der Waals surface area contributed by atoms with Gasteiger partial charge in [0, 0.05) is 18.7 Å². The minimum absolute atomic E-state index is 0.0242. The Bertz CT molecular complexity index is 868. The number of carbonyl (C=O) groups is 2. The van der Waals surface area contributed by atoms with E-state index in [1.807, 2.05) is 7.05 Å². The predicted octanol–water partition coefficient (Wildman–Crippen LogP) is 2.54. The summed E-state index contributed by atoms with van der Waals surface area (Å²) in [6.45, 7) is 2.45. The fourth-order valence-corrected chi connectivity index (χ4v) is 4.28. The molecule has 0 spiro atoms. The van der Waals surface area contributed by atoms with Crippen LogP contribution in [-0.4, -0.2) is 45.5 Å². The van der Waals surface area contributed by atoms with Crippen LogP contribution in [-0.2, 0) is 18.4 Å². The molecule has 0 aliphatic heterocycles. The zero-order valence-corrected chi connectivity index (χ0v) is 18.5. The van der Waals surface area contributed by atoms with Crippen LogP contribution in [0.2, 0.25) is 0 Å². The standard InChI is InChI=1S/C21H29N5O3S/c1-14-6-4-5-7-17(14)23-19(27)13-30-21-25-24-18(26(21)2)12-22-20(28)15-8-10-16(29-3)11-9-15/h8-11,14,17H,4-7,12-13H2,1-3H3,(H,22,28)(H,23,27)/t14-,17-/m0/s1. The van der Waals surface area contributed by atoms with E-state index < -0.39 is 0 Å². The van der Waals surface area contributed by atoms with Gasteiger partial charge >= 0.3 is 0 Å². The summed E-state index contributed by atoms with van der Waals surface area (Å²) in [5, 5.41) is 14.9. The van der Waals surface area contributed by atoms with Crippen molar-refractivity contribution in [1.29, 1.82) is 0 Å². The van der Waals surface area contributed by atoms with Crippen molar-refractivity contribution in [1.82, 2.24) is 25.4 Å². The average Bonchev–Trinajstić information content (AvgIpc) is 3.11. The zero-order valence-electron chi connectivity index (χ0n) is 17.7. The summed E-state index contributed by atoms with van der Waals surface area (Å²) < 4.78 is 6.90. The Balaban J connectivity index is 1.47. The molecule has 2 aromatic rings. The Kier molecular flexibility index (Phi) is 7.73. The SMILES string of the molecule is COc1ccc(C(=O)NCc2nnc(SCC(=O)N[C@H]3CCCC[C@@H]3C)n2C)cc1. The lowest BCUT2D eigenvalue weighted by Crippen LogP contribution is -2.41. The van der Waals surface area contributed by atoms with Crippen molar-refractivity contribution < 1.29 is 14.3 Å². The fraction of sp³-hybridized carbons (Fsp3) is 0.524. The van der Waals surface area contributed by atoms with Crippen molar-refractivity contribution in [2.45, 2.75) is 50.4 Å². The molecule has 1 aromatic carbocycles. The van der Waals surface area contributed by atoms with E-state index in [0.29, 0.717) is 34.0 Å². The van der Waals surface area contributed by atoms with Gasteiger partial charge in [-0.2, -0.15) is 0 Å². The molecule has 1 aliphatic rings. The maximum absolute atomic E-state index is 12.3. The summed E-state index contributed by atoms with van der Waals surface area (Å²) in [4.78, 5) is 24.6. The molecule has 2 N–H and O–H groups in total. The van der Waals surface area contributed by atoms with Gasteiger partial charge in [-0.25, -0.2) is 0 Å². The van der Waals surface area contributed by atoms with Crippen molar-refractivity contribution >= 4 is 23.6 Å². The average molecular weight is 432 g/mol. The predicted molar refractivity (Wildman–Crippen MR) is 115 cm³/mol. The second kappa shape index (κ2) is 10.5. The van der Waals surface area contributed by atoms with Crippen LogP contribution >= 0.6 is 11.8 Å². The number of ether oxygens (including phenoxy) is 1. The molecule has 0 unspecified atom stereocenters. The minimum Gasteiger partial charge on any atom is -0.497 e. The van der Waals surface area contributed by atoms with Gasteiger partial charge in [0.2, 0.25) is 5.91 Å². The first-order valence-corrected chi connectivity index (χ1v) is 11.2. The molecule has 3 rings (SSSR count). The van der Waals surface area contributed by atoms with Gasteiger partial charge < -0.3 is 19.9 Å². The first-order valence-electron chi connectivity index (χ1n) is 10.2. The Morgan fingerprint density at radius 2 is 1.93 bits per heavy atom. The summed E-state index contributed by atoms with van der Waals surface area (Å²) in [6, 6.07) is 7.17. The Morgan fingerprint density at radius 1 is 1.20 bits per heavy atom. The van der Waals surface area contributed by atoms with E-state index >= 15 is 0 Å². The zero-order chi connectivity index (χ0) is 21.5. The van der Waals surface area contributed by atoms with E-state index in [9.17, 15) is 9.59 Å². The van der Waals surface area contributed by atoms with Crippen LogP contribution in [0.15, 0.2) is 29.4 Å². The van der Waals surface area contributed by atoms with Gasteiger partial charge in [-0.1, -0.05) is 31.5 Å². The molecule has 0 saturated heterocycles. The third kappa shape index (κ3) is 5.75. The molecule has 2 atom stereocenters. The summed E-state index contributed by atoms with van der Waals surface area (Å²) >= 11 is 1.35. The Morgan fingerprint density at radius 3 is 2.63 bits per heavy atom. The molecule has 1 saturated carbocycles. The van der Waals surface area contributed by atoms with E-state index in [-0.39, 0.29) is 24.4 Å². The monoisotopic (exact) mass is 431 g/mol. The van der Waals surface area contributed by atoms with Crippen molar-refractivity contribution in [2.75, 3.05) is 12.9 Å². The van der Waals surface area contributed by atoms with Crippen LogP contribution < -0.4 is 15.4 Å². The highest BCUT2D eigenvalue weighted by Crippen LogP contribution is 2.24. The third-order valence-electron chi connectivity index (χ3n) is 5.47. The largest absolute Gasteiger partial charge is 0.497 e. The van der Waals surface area contributed by atoms with Crippen LogP contribution in [0.1, 0.15) is 48.8 Å². The number of thioether (sulfide) groups is 1.